The topological polar surface area (TPSA) is 163 Å². The van der Waals surface area contributed by atoms with Crippen LogP contribution in [0.4, 0.5) is 0 Å². The van der Waals surface area contributed by atoms with Crippen molar-refractivity contribution in [2.24, 2.45) is 10.8 Å². The summed E-state index contributed by atoms with van der Waals surface area (Å²) < 4.78 is 39.3. The van der Waals surface area contributed by atoms with Gasteiger partial charge in [0, 0.05) is 53.0 Å². The number of halogens is 3. The predicted octanol–water partition coefficient (Wildman–Crippen LogP) is 13.4. The standard InChI is InChI=1S/C52H59Cl3N3O10P/c1-30(2)58(31(3)4)69(64-24-18-21-56)63-23-17-12-11-16-22-57-46(59)34-26-38(54)43-44(45(34)55)52(68-47(43)60)35-25-33(32-19-14-13-15-20-32)39(66-48(61)50(5,6)7)28-40(35)65-41-29-42(37(53)27-36(41)52)67-49(62)51(8,9)10/h13-15,19-20,25-31H,11-12,16-18,22-24H2,1-10H3,(H,57,59). The van der Waals surface area contributed by atoms with Crippen LogP contribution in [0.2, 0.25) is 15.1 Å². The van der Waals surface area contributed by atoms with E-state index < -0.39 is 48.8 Å². The molecule has 0 saturated heterocycles. The Morgan fingerprint density at radius 2 is 1.36 bits per heavy atom. The number of nitriles is 1. The number of hydrogen-bond acceptors (Lipinski definition) is 12. The lowest BCUT2D eigenvalue weighted by Gasteiger charge is -2.38. The van der Waals surface area contributed by atoms with E-state index in [9.17, 15) is 19.2 Å². The third-order valence-corrected chi connectivity index (χ3v) is 14.4. The number of carbonyl (C=O) groups is 4. The van der Waals surface area contributed by atoms with Crippen LogP contribution in [0.25, 0.3) is 11.1 Å². The van der Waals surface area contributed by atoms with Gasteiger partial charge in [-0.15, -0.1) is 0 Å². The average Bonchev–Trinajstić information content (AvgIpc) is 3.59. The zero-order valence-corrected chi connectivity index (χ0v) is 43.8. The zero-order valence-electron chi connectivity index (χ0n) is 40.6. The fourth-order valence-electron chi connectivity index (χ4n) is 7.87. The largest absolute Gasteiger partial charge is 0.456 e. The number of esters is 3. The molecule has 69 heavy (non-hydrogen) atoms. The summed E-state index contributed by atoms with van der Waals surface area (Å²) in [7, 11) is -1.33. The molecular formula is C52H59Cl3N3O10P. The van der Waals surface area contributed by atoms with Crippen LogP contribution in [0.15, 0.2) is 60.7 Å². The van der Waals surface area contributed by atoms with Gasteiger partial charge in [-0.05, 0) is 106 Å². The van der Waals surface area contributed by atoms with Crippen molar-refractivity contribution in [2.45, 2.75) is 119 Å². The highest BCUT2D eigenvalue weighted by Gasteiger charge is 2.57. The van der Waals surface area contributed by atoms with Gasteiger partial charge >= 0.3 is 17.9 Å². The summed E-state index contributed by atoms with van der Waals surface area (Å²) in [6.45, 7) is 19.7. The Hall–Kier alpha value is -4.77. The third-order valence-electron chi connectivity index (χ3n) is 11.3. The SMILES string of the molecule is CC(C)N(C(C)C)P(OCCC#N)OCCCCCCNC(=O)c1cc(Cl)c2c(c1Cl)C1(OC2=O)c2cc(Cl)c(OC(=O)C(C)(C)C)cc2Oc2cc(OC(=O)C(C)(C)C)c(-c3ccccc3)cc21. The van der Waals surface area contributed by atoms with Crippen molar-refractivity contribution in [2.75, 3.05) is 19.8 Å². The van der Waals surface area contributed by atoms with Crippen molar-refractivity contribution >= 4 is 67.1 Å². The lowest BCUT2D eigenvalue weighted by atomic mass is 9.76. The summed E-state index contributed by atoms with van der Waals surface area (Å²) in [5, 5.41) is 11.8. The lowest BCUT2D eigenvalue weighted by Crippen LogP contribution is -2.34. The molecule has 4 aromatic rings. The Bertz CT molecular complexity index is 2630. The predicted molar refractivity (Wildman–Crippen MR) is 267 cm³/mol. The van der Waals surface area contributed by atoms with Crippen LogP contribution in [0.5, 0.6) is 23.0 Å². The molecule has 13 nitrogen and oxygen atoms in total. The maximum absolute atomic E-state index is 14.3. The van der Waals surface area contributed by atoms with Gasteiger partial charge in [0.1, 0.15) is 17.2 Å². The molecule has 0 fully saturated rings. The van der Waals surface area contributed by atoms with Crippen LogP contribution in [0, 0.1) is 22.2 Å². The quantitative estimate of drug-likeness (QED) is 0.0435. The van der Waals surface area contributed by atoms with E-state index in [1.54, 1.807) is 47.6 Å². The first-order chi connectivity index (χ1) is 32.5. The van der Waals surface area contributed by atoms with E-state index in [4.69, 9.17) is 68.1 Å². The Morgan fingerprint density at radius 3 is 1.97 bits per heavy atom. The monoisotopic (exact) mass is 1020 g/mol. The molecule has 368 valence electrons. The molecule has 2 atom stereocenters. The molecule has 1 amide bonds. The second-order valence-electron chi connectivity index (χ2n) is 19.5. The molecule has 2 aliphatic rings. The number of nitrogens with zero attached hydrogens (tertiary/aromatic N) is 2. The smallest absolute Gasteiger partial charge is 0.341 e. The molecule has 6 rings (SSSR count). The first-order valence-electron chi connectivity index (χ1n) is 23.0. The number of amides is 1. The molecule has 4 aromatic carbocycles. The highest BCUT2D eigenvalue weighted by Crippen LogP contribution is 2.61. The van der Waals surface area contributed by atoms with Crippen molar-refractivity contribution in [3.8, 4) is 40.2 Å². The van der Waals surface area contributed by atoms with Gasteiger partial charge in [-0.25, -0.2) is 9.46 Å². The zero-order chi connectivity index (χ0) is 50.6. The minimum atomic E-state index is -1.96. The van der Waals surface area contributed by atoms with Gasteiger partial charge in [0.2, 0.25) is 0 Å². The summed E-state index contributed by atoms with van der Waals surface area (Å²) >= 11 is 21.2. The van der Waals surface area contributed by atoms with Gasteiger partial charge < -0.3 is 33.3 Å². The average molecular weight is 1020 g/mol. The molecule has 17 heteroatoms. The van der Waals surface area contributed by atoms with Gasteiger partial charge in [-0.1, -0.05) is 78.0 Å². The van der Waals surface area contributed by atoms with Crippen LogP contribution >= 0.6 is 43.3 Å². The van der Waals surface area contributed by atoms with Gasteiger partial charge in [-0.3, -0.25) is 14.4 Å². The van der Waals surface area contributed by atoms with E-state index in [2.05, 4.69) is 43.8 Å². The molecule has 0 aliphatic carbocycles. The number of hydrogen-bond donors (Lipinski definition) is 1. The number of rotatable bonds is 18. The summed E-state index contributed by atoms with van der Waals surface area (Å²) in [6, 6.07) is 19.1. The minimum absolute atomic E-state index is 0.00784. The fraction of sp³-hybridized carbons (Fsp3) is 0.442. The maximum Gasteiger partial charge on any atom is 0.341 e. The van der Waals surface area contributed by atoms with Crippen LogP contribution < -0.4 is 19.5 Å². The number of ether oxygens (including phenoxy) is 4. The van der Waals surface area contributed by atoms with E-state index in [1.165, 1.54) is 24.3 Å². The minimum Gasteiger partial charge on any atom is -0.456 e. The van der Waals surface area contributed by atoms with Crippen LogP contribution in [0.1, 0.15) is 139 Å². The number of unbranched alkanes of at least 4 members (excludes halogenated alkanes) is 3. The maximum atomic E-state index is 14.3. The fourth-order valence-corrected chi connectivity index (χ4v) is 10.3. The molecule has 0 saturated carbocycles. The Kier molecular flexibility index (Phi) is 17.2. The molecular weight excluding hydrogens is 964 g/mol. The van der Waals surface area contributed by atoms with Crippen molar-refractivity contribution in [1.82, 2.24) is 9.99 Å². The Balaban J connectivity index is 1.35. The van der Waals surface area contributed by atoms with Crippen molar-refractivity contribution < 1.29 is 47.2 Å². The highest BCUT2D eigenvalue weighted by molar-refractivity contribution is 7.44. The normalized spacial score (nSPS) is 15.6. The Labute approximate surface area is 420 Å². The second-order valence-corrected chi connectivity index (χ2v) is 22.1. The van der Waals surface area contributed by atoms with Gasteiger partial charge in [0.25, 0.3) is 14.4 Å². The van der Waals surface area contributed by atoms with E-state index in [-0.39, 0.29) is 84.4 Å². The van der Waals surface area contributed by atoms with Crippen LogP contribution in [-0.4, -0.2) is 60.3 Å². The van der Waals surface area contributed by atoms with Gasteiger partial charge in [0.15, 0.2) is 11.4 Å². The van der Waals surface area contributed by atoms with Crippen molar-refractivity contribution in [1.29, 1.82) is 5.26 Å². The highest BCUT2D eigenvalue weighted by atomic mass is 35.5. The molecule has 1 N–H and O–H groups in total. The van der Waals surface area contributed by atoms with E-state index in [0.29, 0.717) is 37.3 Å². The third kappa shape index (κ3) is 11.7. The Morgan fingerprint density at radius 1 is 0.783 bits per heavy atom. The molecule has 2 unspecified atom stereocenters. The lowest BCUT2D eigenvalue weighted by molar-refractivity contribution is -0.143. The van der Waals surface area contributed by atoms with Crippen molar-refractivity contribution in [3.63, 3.8) is 0 Å². The molecule has 0 bridgehead atoms. The summed E-state index contributed by atoms with van der Waals surface area (Å²) in [5.74, 6) is -2.17. The number of carbonyl (C=O) groups excluding carboxylic acids is 4. The molecule has 0 radical (unpaired) electrons. The van der Waals surface area contributed by atoms with E-state index in [1.807, 2.05) is 30.3 Å². The molecule has 2 aliphatic heterocycles. The second kappa shape index (κ2) is 22.1. The number of benzene rings is 4. The molecule has 0 aromatic heterocycles. The van der Waals surface area contributed by atoms with Crippen LogP contribution in [-0.2, 0) is 29.0 Å². The molecule has 1 spiro atoms. The van der Waals surface area contributed by atoms with Gasteiger partial charge in [0.05, 0.1) is 62.7 Å². The van der Waals surface area contributed by atoms with E-state index in [0.717, 1.165) is 19.3 Å². The van der Waals surface area contributed by atoms with E-state index >= 15 is 0 Å². The first-order valence-corrected chi connectivity index (χ1v) is 25.2. The van der Waals surface area contributed by atoms with Gasteiger partial charge in [-0.2, -0.15) is 5.26 Å². The summed E-state index contributed by atoms with van der Waals surface area (Å²) in [5.41, 5.74) is -2.20. The number of nitrogens with one attached hydrogen (secondary N) is 1. The first kappa shape index (κ1) is 53.6. The number of fused-ring (bicyclic) bond motifs is 6. The summed E-state index contributed by atoms with van der Waals surface area (Å²) in [4.78, 5) is 55.0. The van der Waals surface area contributed by atoms with Crippen molar-refractivity contribution in [3.05, 3.63) is 104 Å². The van der Waals surface area contributed by atoms with Crippen LogP contribution in [0.3, 0.4) is 0 Å². The molecule has 2 heterocycles. The summed E-state index contributed by atoms with van der Waals surface area (Å²) in [6.07, 6.45) is 3.32.